The Kier molecular flexibility index (Phi) is 6.30. The van der Waals surface area contributed by atoms with Crippen LogP contribution in [0.1, 0.15) is 30.9 Å². The number of amides is 1. The molecule has 1 fully saturated rings. The molecule has 0 spiro atoms. The largest absolute Gasteiger partial charge is 0.493 e. The Labute approximate surface area is 169 Å². The Morgan fingerprint density at radius 3 is 2.48 bits per heavy atom. The first kappa shape index (κ1) is 20.2. The highest BCUT2D eigenvalue weighted by molar-refractivity contribution is 6.09. The minimum Gasteiger partial charge on any atom is -0.493 e. The number of rotatable bonds is 7. The zero-order valence-corrected chi connectivity index (χ0v) is 16.4. The van der Waals surface area contributed by atoms with E-state index in [2.05, 4.69) is 12.2 Å². The van der Waals surface area contributed by atoms with Gasteiger partial charge in [0, 0.05) is 5.69 Å². The smallest absolute Gasteiger partial charge is 0.314 e. The Morgan fingerprint density at radius 2 is 1.90 bits per heavy atom. The number of methoxy groups -OCH3 is 1. The van der Waals surface area contributed by atoms with Crippen LogP contribution >= 0.6 is 0 Å². The molecule has 0 aromatic heterocycles. The fourth-order valence-electron chi connectivity index (χ4n) is 2.71. The lowest BCUT2D eigenvalue weighted by Gasteiger charge is -2.10. The Balaban J connectivity index is 1.75. The van der Waals surface area contributed by atoms with E-state index in [9.17, 15) is 14.9 Å². The van der Waals surface area contributed by atoms with Crippen LogP contribution in [0.5, 0.6) is 11.5 Å². The highest BCUT2D eigenvalue weighted by atomic mass is 16.6. The molecule has 0 unspecified atom stereocenters. The van der Waals surface area contributed by atoms with E-state index in [1.165, 1.54) is 13.2 Å². The number of nitrogens with zero attached hydrogens (tertiary/aromatic N) is 1. The second kappa shape index (κ2) is 9.07. The predicted molar refractivity (Wildman–Crippen MR) is 109 cm³/mol. The second-order valence-corrected chi connectivity index (χ2v) is 6.78. The van der Waals surface area contributed by atoms with Crippen LogP contribution in [0.3, 0.4) is 0 Å². The Bertz CT molecular complexity index is 983. The molecule has 0 saturated heterocycles. The Morgan fingerprint density at radius 1 is 1.17 bits per heavy atom. The van der Waals surface area contributed by atoms with E-state index >= 15 is 0 Å². The zero-order chi connectivity index (χ0) is 20.8. The maximum Gasteiger partial charge on any atom is 0.314 e. The summed E-state index contributed by atoms with van der Waals surface area (Å²) >= 11 is 0. The highest BCUT2D eigenvalue weighted by Gasteiger charge is 2.32. The van der Waals surface area contributed by atoms with E-state index < -0.39 is 5.91 Å². The van der Waals surface area contributed by atoms with Crippen molar-refractivity contribution in [3.63, 3.8) is 0 Å². The van der Waals surface area contributed by atoms with Crippen molar-refractivity contribution in [1.29, 1.82) is 5.26 Å². The van der Waals surface area contributed by atoms with Gasteiger partial charge in [-0.2, -0.15) is 5.26 Å². The van der Waals surface area contributed by atoms with Crippen molar-refractivity contribution in [3.8, 4) is 17.6 Å². The monoisotopic (exact) mass is 390 g/mol. The van der Waals surface area contributed by atoms with Gasteiger partial charge in [-0.1, -0.05) is 25.1 Å². The van der Waals surface area contributed by atoms with Crippen molar-refractivity contribution in [2.45, 2.75) is 26.2 Å². The van der Waals surface area contributed by atoms with E-state index in [4.69, 9.17) is 9.47 Å². The SMILES string of the molecule is CCc1ccc(NC(=O)/C(C#N)=C/c2ccc(OC(=O)C3CC3)c(OC)c2)cc1. The van der Waals surface area contributed by atoms with Gasteiger partial charge in [0.15, 0.2) is 11.5 Å². The van der Waals surface area contributed by atoms with Crippen molar-refractivity contribution in [2.75, 3.05) is 12.4 Å². The van der Waals surface area contributed by atoms with Crippen LogP contribution in [0.15, 0.2) is 48.0 Å². The second-order valence-electron chi connectivity index (χ2n) is 6.78. The number of carbonyl (C=O) groups excluding carboxylic acids is 2. The van der Waals surface area contributed by atoms with Crippen molar-refractivity contribution in [1.82, 2.24) is 0 Å². The number of nitrogens with one attached hydrogen (secondary N) is 1. The maximum atomic E-state index is 12.4. The quantitative estimate of drug-likeness (QED) is 0.332. The lowest BCUT2D eigenvalue weighted by molar-refractivity contribution is -0.135. The van der Waals surface area contributed by atoms with Gasteiger partial charge in [-0.15, -0.1) is 0 Å². The molecule has 1 aliphatic rings. The third-order valence-electron chi connectivity index (χ3n) is 4.61. The molecule has 29 heavy (non-hydrogen) atoms. The van der Waals surface area contributed by atoms with E-state index in [0.717, 1.165) is 24.8 Å². The van der Waals surface area contributed by atoms with Gasteiger partial charge in [0.2, 0.25) is 0 Å². The van der Waals surface area contributed by atoms with Gasteiger partial charge < -0.3 is 14.8 Å². The number of anilines is 1. The molecule has 1 amide bonds. The number of ether oxygens (including phenoxy) is 2. The lowest BCUT2D eigenvalue weighted by atomic mass is 10.1. The molecule has 1 N–H and O–H groups in total. The van der Waals surface area contributed by atoms with Crippen LogP contribution in [0.4, 0.5) is 5.69 Å². The molecule has 6 nitrogen and oxygen atoms in total. The molecule has 0 heterocycles. The minimum absolute atomic E-state index is 0.0282. The van der Waals surface area contributed by atoms with Crippen LogP contribution in [-0.2, 0) is 16.0 Å². The number of benzene rings is 2. The number of nitriles is 1. The van der Waals surface area contributed by atoms with Crippen molar-refractivity contribution < 1.29 is 19.1 Å². The first-order valence-electron chi connectivity index (χ1n) is 9.46. The van der Waals surface area contributed by atoms with Crippen molar-refractivity contribution in [2.24, 2.45) is 5.92 Å². The summed E-state index contributed by atoms with van der Waals surface area (Å²) in [6, 6.07) is 14.3. The summed E-state index contributed by atoms with van der Waals surface area (Å²) in [6.45, 7) is 2.05. The molecule has 1 aliphatic carbocycles. The fraction of sp³-hybridized carbons (Fsp3) is 0.261. The molecular weight excluding hydrogens is 368 g/mol. The van der Waals surface area contributed by atoms with Gasteiger partial charge in [-0.25, -0.2) is 0 Å². The fourth-order valence-corrected chi connectivity index (χ4v) is 2.71. The number of carbonyl (C=O) groups is 2. The van der Waals surface area contributed by atoms with Crippen molar-refractivity contribution >= 4 is 23.6 Å². The number of aryl methyl sites for hydroxylation is 1. The lowest BCUT2D eigenvalue weighted by Crippen LogP contribution is -2.13. The third-order valence-corrected chi connectivity index (χ3v) is 4.61. The van der Waals surface area contributed by atoms with Gasteiger partial charge in [0.1, 0.15) is 11.6 Å². The summed E-state index contributed by atoms with van der Waals surface area (Å²) in [5, 5.41) is 12.1. The number of hydrogen-bond donors (Lipinski definition) is 1. The molecule has 1 saturated carbocycles. The van der Waals surface area contributed by atoms with Gasteiger partial charge in [0.05, 0.1) is 13.0 Å². The number of esters is 1. The van der Waals surface area contributed by atoms with Crippen molar-refractivity contribution in [3.05, 3.63) is 59.2 Å². The van der Waals surface area contributed by atoms with Crippen LogP contribution in [0.25, 0.3) is 6.08 Å². The summed E-state index contributed by atoms with van der Waals surface area (Å²) in [4.78, 5) is 24.3. The van der Waals surface area contributed by atoms with Gasteiger partial charge in [0.25, 0.3) is 5.91 Å². The minimum atomic E-state index is -0.500. The maximum absolute atomic E-state index is 12.4. The third kappa shape index (κ3) is 5.23. The summed E-state index contributed by atoms with van der Waals surface area (Å²) in [7, 11) is 1.47. The van der Waals surface area contributed by atoms with Gasteiger partial charge in [-0.05, 0) is 60.7 Å². The number of hydrogen-bond acceptors (Lipinski definition) is 5. The van der Waals surface area contributed by atoms with Crippen LogP contribution in [0, 0.1) is 17.2 Å². The first-order chi connectivity index (χ1) is 14.0. The molecule has 3 rings (SSSR count). The van der Waals surface area contributed by atoms with Crippen LogP contribution in [-0.4, -0.2) is 19.0 Å². The zero-order valence-electron chi connectivity index (χ0n) is 16.4. The van der Waals surface area contributed by atoms with E-state index in [0.29, 0.717) is 22.7 Å². The Hall–Kier alpha value is -3.59. The molecule has 2 aromatic rings. The highest BCUT2D eigenvalue weighted by Crippen LogP contribution is 2.34. The summed E-state index contributed by atoms with van der Waals surface area (Å²) in [5.74, 6) is -0.113. The van der Waals surface area contributed by atoms with E-state index in [1.54, 1.807) is 30.3 Å². The molecule has 0 aliphatic heterocycles. The molecule has 6 heteroatoms. The van der Waals surface area contributed by atoms with Gasteiger partial charge >= 0.3 is 5.97 Å². The van der Waals surface area contributed by atoms with Crippen LogP contribution < -0.4 is 14.8 Å². The first-order valence-corrected chi connectivity index (χ1v) is 9.46. The molecule has 0 radical (unpaired) electrons. The molecule has 0 atom stereocenters. The topological polar surface area (TPSA) is 88.4 Å². The average Bonchev–Trinajstić information content (AvgIpc) is 3.58. The van der Waals surface area contributed by atoms with Gasteiger partial charge in [-0.3, -0.25) is 9.59 Å². The molecule has 148 valence electrons. The summed E-state index contributed by atoms with van der Waals surface area (Å²) < 4.78 is 10.7. The van der Waals surface area contributed by atoms with E-state index in [-0.39, 0.29) is 17.5 Å². The summed E-state index contributed by atoms with van der Waals surface area (Å²) in [6.07, 6.45) is 4.07. The standard InChI is InChI=1S/C23H22N2O4/c1-3-15-4-9-19(10-5-15)25-22(26)18(14-24)12-16-6-11-20(21(13-16)28-2)29-23(27)17-7-8-17/h4-6,9-13,17H,3,7-8H2,1-2H3,(H,25,26)/b18-12+. The summed E-state index contributed by atoms with van der Waals surface area (Å²) in [5.41, 5.74) is 2.32. The normalized spacial score (nSPS) is 13.3. The molecule has 2 aromatic carbocycles. The molecule has 0 bridgehead atoms. The van der Waals surface area contributed by atoms with Crippen LogP contribution in [0.2, 0.25) is 0 Å². The predicted octanol–water partition coefficient (Wildman–Crippen LogP) is 4.12. The van der Waals surface area contributed by atoms with E-state index in [1.807, 2.05) is 18.2 Å². The molecular formula is C23H22N2O4. The average molecular weight is 390 g/mol.